The number of benzene rings is 3. The third-order valence-electron chi connectivity index (χ3n) is 14.5. The van der Waals surface area contributed by atoms with Crippen LogP contribution in [-0.4, -0.2) is 54.4 Å². The molecule has 5 aliphatic heterocycles. The van der Waals surface area contributed by atoms with Crippen LogP contribution in [0.2, 0.25) is 0 Å². The molecule has 7 heterocycles. The van der Waals surface area contributed by atoms with Crippen molar-refractivity contribution >= 4 is 50.6 Å². The number of carbonyl (C=O) groups is 2. The lowest BCUT2D eigenvalue weighted by atomic mass is 9.70. The van der Waals surface area contributed by atoms with Crippen molar-refractivity contribution in [2.24, 2.45) is 10.8 Å². The molecule has 5 aliphatic rings. The maximum Gasteiger partial charge on any atom is 0.339 e. The second kappa shape index (κ2) is 13.8. The Morgan fingerprint density at radius 2 is 1.26 bits per heavy atom. The summed E-state index contributed by atoms with van der Waals surface area (Å²) in [6.07, 6.45) is 11.9. The van der Waals surface area contributed by atoms with Crippen LogP contribution in [0, 0.1) is 10.8 Å². The first-order chi connectivity index (χ1) is 27.9. The van der Waals surface area contributed by atoms with Gasteiger partial charge in [0.05, 0.1) is 60.1 Å². The number of esters is 2. The Morgan fingerprint density at radius 1 is 0.719 bits per heavy atom. The van der Waals surface area contributed by atoms with Gasteiger partial charge in [0.1, 0.15) is 0 Å². The van der Waals surface area contributed by atoms with Crippen molar-refractivity contribution in [2.75, 3.05) is 32.6 Å². The zero-order valence-electron chi connectivity index (χ0n) is 33.5. The summed E-state index contributed by atoms with van der Waals surface area (Å²) in [5.41, 5.74) is 9.74. The third-order valence-corrected chi connectivity index (χ3v) is 14.5. The number of nitrogens with one attached hydrogen (secondary N) is 3. The van der Waals surface area contributed by atoms with Crippen LogP contribution >= 0.6 is 0 Å². The molecule has 2 aromatic heterocycles. The number of fused-ring (bicyclic) bond motifs is 11. The molecule has 2 saturated heterocycles. The summed E-state index contributed by atoms with van der Waals surface area (Å²) in [4.78, 5) is 28.1. The van der Waals surface area contributed by atoms with Crippen LogP contribution in [0.1, 0.15) is 98.7 Å². The lowest BCUT2D eigenvalue weighted by molar-refractivity contribution is -0.134. The van der Waals surface area contributed by atoms with E-state index in [1.54, 1.807) is 0 Å². The van der Waals surface area contributed by atoms with Crippen LogP contribution in [0.25, 0.3) is 33.0 Å². The molecule has 9 heteroatoms. The molecule has 0 spiro atoms. The van der Waals surface area contributed by atoms with Gasteiger partial charge < -0.3 is 23.9 Å². The SMILES string of the molecule is CC[C@]12C=C(C(=O)OC)c3c(CC4Nc5ccccc5CC4c4c5n(c6ccccc46)[C@H]4NCCC[C@@]4(CC)C=C5C(=O)OC)c4ccccc4n3[C@H]1NCCC2. The van der Waals surface area contributed by atoms with Crippen molar-refractivity contribution in [1.82, 2.24) is 19.8 Å². The third kappa shape index (κ3) is 5.27. The van der Waals surface area contributed by atoms with E-state index in [0.29, 0.717) is 17.6 Å². The van der Waals surface area contributed by atoms with Crippen LogP contribution in [0.3, 0.4) is 0 Å². The summed E-state index contributed by atoms with van der Waals surface area (Å²) in [6.45, 7) is 6.34. The van der Waals surface area contributed by atoms with Gasteiger partial charge in [-0.2, -0.15) is 0 Å². The van der Waals surface area contributed by atoms with Crippen LogP contribution in [0.5, 0.6) is 0 Å². The number of hydrogen-bond donors (Lipinski definition) is 3. The predicted octanol–water partition coefficient (Wildman–Crippen LogP) is 8.66. The second-order valence-corrected chi connectivity index (χ2v) is 17.0. The highest BCUT2D eigenvalue weighted by Crippen LogP contribution is 2.55. The number of ether oxygens (including phenoxy) is 2. The summed E-state index contributed by atoms with van der Waals surface area (Å²) < 4.78 is 16.1. The molecular formula is C48H53N5O4. The molecule has 294 valence electrons. The molecule has 0 bridgehead atoms. The fourth-order valence-corrected chi connectivity index (χ4v) is 11.7. The molecule has 5 aromatic rings. The zero-order chi connectivity index (χ0) is 39.1. The molecule has 0 saturated carbocycles. The number of aromatic nitrogens is 2. The molecular weight excluding hydrogens is 711 g/mol. The van der Waals surface area contributed by atoms with Crippen LogP contribution in [0.15, 0.2) is 84.9 Å². The first-order valence-electron chi connectivity index (χ1n) is 21.1. The van der Waals surface area contributed by atoms with Gasteiger partial charge in [-0.25, -0.2) is 9.59 Å². The van der Waals surface area contributed by atoms with Crippen molar-refractivity contribution in [3.8, 4) is 0 Å². The van der Waals surface area contributed by atoms with Gasteiger partial charge in [0, 0.05) is 39.2 Å². The minimum Gasteiger partial charge on any atom is -0.465 e. The average molecular weight is 764 g/mol. The van der Waals surface area contributed by atoms with Crippen molar-refractivity contribution < 1.29 is 19.1 Å². The van der Waals surface area contributed by atoms with E-state index < -0.39 is 0 Å². The monoisotopic (exact) mass is 763 g/mol. The molecule has 3 N–H and O–H groups in total. The van der Waals surface area contributed by atoms with Crippen molar-refractivity contribution in [2.45, 2.75) is 89.5 Å². The molecule has 2 fully saturated rings. The van der Waals surface area contributed by atoms with Crippen LogP contribution in [-0.2, 0) is 31.9 Å². The Hall–Kier alpha value is -5.12. The zero-order valence-corrected chi connectivity index (χ0v) is 33.5. The number of rotatable bonds is 7. The Labute approximate surface area is 334 Å². The minimum absolute atomic E-state index is 0.0117. The lowest BCUT2D eigenvalue weighted by Gasteiger charge is -2.47. The summed E-state index contributed by atoms with van der Waals surface area (Å²) >= 11 is 0. The van der Waals surface area contributed by atoms with Crippen molar-refractivity contribution in [3.63, 3.8) is 0 Å². The standard InChI is InChI=1S/C48H53N5O4/c1-5-47-21-13-23-49-45(47)52-38-19-11-8-16-30(38)32(41(52)34(27-47)43(54)56-3)26-37-33(25-29-15-7-10-18-36(29)51-37)40-31-17-9-12-20-39(31)53-42(40)35(44(55)57-4)28-48(6-2)22-14-24-50-46(48)53/h7-12,15-20,27-28,33,37,45-46,49-51H,5-6,13-14,21-26H2,1-4H3/t33?,37?,45-,46-,47+,48+/m1/s1. The largest absolute Gasteiger partial charge is 0.465 e. The van der Waals surface area contributed by atoms with E-state index in [1.165, 1.54) is 25.3 Å². The highest BCUT2D eigenvalue weighted by molar-refractivity contribution is 6.19. The first-order valence-corrected chi connectivity index (χ1v) is 21.1. The van der Waals surface area contributed by atoms with E-state index in [9.17, 15) is 9.59 Å². The quantitative estimate of drug-likeness (QED) is 0.143. The van der Waals surface area contributed by atoms with E-state index >= 15 is 0 Å². The summed E-state index contributed by atoms with van der Waals surface area (Å²) in [6, 6.07) is 25.9. The van der Waals surface area contributed by atoms with Gasteiger partial charge in [0.15, 0.2) is 0 Å². The molecule has 57 heavy (non-hydrogen) atoms. The highest BCUT2D eigenvalue weighted by Gasteiger charge is 2.49. The molecule has 0 amide bonds. The summed E-state index contributed by atoms with van der Waals surface area (Å²) in [5.74, 6) is -0.620. The number of methoxy groups -OCH3 is 2. The number of anilines is 1. The number of carbonyl (C=O) groups excluding carboxylic acids is 2. The topological polar surface area (TPSA) is 98.6 Å². The Morgan fingerprint density at radius 3 is 1.89 bits per heavy atom. The number of hydrogen-bond acceptors (Lipinski definition) is 7. The smallest absolute Gasteiger partial charge is 0.339 e. The fraction of sp³-hybridized carbons (Fsp3) is 0.417. The van der Waals surface area contributed by atoms with Gasteiger partial charge in [-0.3, -0.25) is 10.6 Å². The normalized spacial score (nSPS) is 27.5. The predicted molar refractivity (Wildman–Crippen MR) is 226 cm³/mol. The molecule has 0 radical (unpaired) electrons. The van der Waals surface area contributed by atoms with Gasteiger partial charge in [-0.05, 0) is 99.3 Å². The second-order valence-electron chi connectivity index (χ2n) is 17.0. The minimum atomic E-state index is -0.296. The van der Waals surface area contributed by atoms with Gasteiger partial charge in [0.2, 0.25) is 0 Å². The van der Waals surface area contributed by atoms with Gasteiger partial charge in [-0.1, -0.05) is 80.6 Å². The van der Waals surface area contributed by atoms with Gasteiger partial charge in [-0.15, -0.1) is 0 Å². The summed E-state index contributed by atoms with van der Waals surface area (Å²) in [7, 11) is 3.00. The first kappa shape index (κ1) is 36.2. The van der Waals surface area contributed by atoms with E-state index in [-0.39, 0.29) is 47.1 Å². The van der Waals surface area contributed by atoms with E-state index in [0.717, 1.165) is 102 Å². The molecule has 10 rings (SSSR count). The number of nitrogens with zero attached hydrogens (tertiary/aromatic N) is 2. The van der Waals surface area contributed by atoms with Crippen LogP contribution < -0.4 is 16.0 Å². The van der Waals surface area contributed by atoms with Gasteiger partial charge >= 0.3 is 11.9 Å². The molecule has 3 aromatic carbocycles. The van der Waals surface area contributed by atoms with Crippen molar-refractivity contribution in [3.05, 3.63) is 113 Å². The molecule has 9 nitrogen and oxygen atoms in total. The fourth-order valence-electron chi connectivity index (χ4n) is 11.7. The maximum atomic E-state index is 14.1. The Bertz CT molecular complexity index is 2510. The van der Waals surface area contributed by atoms with Crippen LogP contribution in [0.4, 0.5) is 5.69 Å². The molecule has 6 atom stereocenters. The summed E-state index contributed by atoms with van der Waals surface area (Å²) in [5, 5.41) is 14.2. The average Bonchev–Trinajstić information content (AvgIpc) is 3.78. The Balaban J connectivity index is 1.21. The van der Waals surface area contributed by atoms with Gasteiger partial charge in [0.25, 0.3) is 0 Å². The molecule has 0 aliphatic carbocycles. The molecule has 2 unspecified atom stereocenters. The number of para-hydroxylation sites is 3. The van der Waals surface area contributed by atoms with Crippen molar-refractivity contribution in [1.29, 1.82) is 0 Å². The Kier molecular flexibility index (Phi) is 8.75. The van der Waals surface area contributed by atoms with E-state index in [2.05, 4.69) is 124 Å². The van der Waals surface area contributed by atoms with E-state index in [1.807, 2.05) is 0 Å². The number of piperidine rings is 2. The highest BCUT2D eigenvalue weighted by atomic mass is 16.5. The lowest BCUT2D eigenvalue weighted by Crippen LogP contribution is -2.48. The maximum absolute atomic E-state index is 14.1. The van der Waals surface area contributed by atoms with E-state index in [4.69, 9.17) is 9.47 Å².